The zero-order chi connectivity index (χ0) is 17.8. The van der Waals surface area contributed by atoms with Gasteiger partial charge in [0.25, 0.3) is 5.91 Å². The average Bonchev–Trinajstić information content (AvgIpc) is 3.12. The quantitative estimate of drug-likeness (QED) is 0.785. The molecule has 0 N–H and O–H groups in total. The lowest BCUT2D eigenvalue weighted by Crippen LogP contribution is -2.40. The van der Waals surface area contributed by atoms with Crippen LogP contribution in [0, 0.1) is 12.8 Å². The maximum absolute atomic E-state index is 12.7. The number of carbonyl (C=O) groups is 2. The van der Waals surface area contributed by atoms with Crippen LogP contribution in [0.1, 0.15) is 35.8 Å². The number of aryl methyl sites for hydroxylation is 1. The number of rotatable bonds is 4. The van der Waals surface area contributed by atoms with Gasteiger partial charge in [0, 0.05) is 24.0 Å². The summed E-state index contributed by atoms with van der Waals surface area (Å²) >= 11 is 1.48. The molecule has 0 saturated carbocycles. The van der Waals surface area contributed by atoms with E-state index in [2.05, 4.69) is 4.98 Å². The van der Waals surface area contributed by atoms with Crippen molar-refractivity contribution in [2.45, 2.75) is 26.7 Å². The molecule has 0 atom stereocenters. The van der Waals surface area contributed by atoms with Crippen molar-refractivity contribution in [2.75, 3.05) is 19.7 Å². The van der Waals surface area contributed by atoms with E-state index >= 15 is 0 Å². The van der Waals surface area contributed by atoms with Gasteiger partial charge in [0.15, 0.2) is 0 Å². The number of nitrogens with zero attached hydrogens (tertiary/aromatic N) is 2. The SMILES string of the molecule is CCOC(=O)C1CCN(C(=O)c2csc(-c3ccc(C)cc3)n2)CC1. The highest BCUT2D eigenvalue weighted by Crippen LogP contribution is 2.26. The van der Waals surface area contributed by atoms with Gasteiger partial charge in [0.1, 0.15) is 10.7 Å². The summed E-state index contributed by atoms with van der Waals surface area (Å²) in [6.45, 7) is 5.39. The Kier molecular flexibility index (Phi) is 5.48. The predicted molar refractivity (Wildman–Crippen MR) is 97.5 cm³/mol. The van der Waals surface area contributed by atoms with Crippen LogP contribution in [-0.2, 0) is 9.53 Å². The number of hydrogen-bond donors (Lipinski definition) is 0. The highest BCUT2D eigenvalue weighted by Gasteiger charge is 2.29. The molecule has 0 bridgehead atoms. The normalized spacial score (nSPS) is 15.2. The fraction of sp³-hybridized carbons (Fsp3) is 0.421. The predicted octanol–water partition coefficient (Wildman–Crippen LogP) is 3.53. The Morgan fingerprint density at radius 1 is 1.24 bits per heavy atom. The lowest BCUT2D eigenvalue weighted by Gasteiger charge is -2.30. The van der Waals surface area contributed by atoms with Crippen LogP contribution < -0.4 is 0 Å². The van der Waals surface area contributed by atoms with Crippen LogP contribution in [0.15, 0.2) is 29.6 Å². The number of piperidine rings is 1. The molecular weight excluding hydrogens is 336 g/mol. The van der Waals surface area contributed by atoms with Gasteiger partial charge >= 0.3 is 5.97 Å². The Morgan fingerprint density at radius 2 is 1.92 bits per heavy atom. The maximum atomic E-state index is 12.7. The molecule has 1 saturated heterocycles. The van der Waals surface area contributed by atoms with Gasteiger partial charge in [-0.2, -0.15) is 0 Å². The molecule has 5 nitrogen and oxygen atoms in total. The van der Waals surface area contributed by atoms with Crippen molar-refractivity contribution >= 4 is 23.2 Å². The molecule has 132 valence electrons. The number of hydrogen-bond acceptors (Lipinski definition) is 5. The first-order chi connectivity index (χ1) is 12.1. The molecule has 25 heavy (non-hydrogen) atoms. The number of aromatic nitrogens is 1. The second kappa shape index (κ2) is 7.78. The summed E-state index contributed by atoms with van der Waals surface area (Å²) in [5, 5.41) is 2.67. The average molecular weight is 358 g/mol. The van der Waals surface area contributed by atoms with Crippen LogP contribution in [0.2, 0.25) is 0 Å². The first-order valence-corrected chi connectivity index (χ1v) is 9.45. The van der Waals surface area contributed by atoms with Gasteiger partial charge < -0.3 is 9.64 Å². The molecule has 1 aromatic carbocycles. The van der Waals surface area contributed by atoms with Crippen molar-refractivity contribution in [3.05, 3.63) is 40.9 Å². The Balaban J connectivity index is 1.63. The topological polar surface area (TPSA) is 59.5 Å². The van der Waals surface area contributed by atoms with Gasteiger partial charge in [-0.3, -0.25) is 9.59 Å². The molecule has 1 aliphatic rings. The highest BCUT2D eigenvalue weighted by molar-refractivity contribution is 7.13. The number of ether oxygens (including phenoxy) is 1. The Bertz CT molecular complexity index is 746. The molecule has 1 aromatic heterocycles. The molecule has 3 rings (SSSR count). The minimum Gasteiger partial charge on any atom is -0.466 e. The van der Waals surface area contributed by atoms with Crippen molar-refractivity contribution in [3.8, 4) is 10.6 Å². The van der Waals surface area contributed by atoms with Crippen LogP contribution in [0.4, 0.5) is 0 Å². The molecule has 1 fully saturated rings. The van der Waals surface area contributed by atoms with Crippen molar-refractivity contribution in [1.82, 2.24) is 9.88 Å². The van der Waals surface area contributed by atoms with Crippen LogP contribution in [0.5, 0.6) is 0 Å². The summed E-state index contributed by atoms with van der Waals surface area (Å²) in [4.78, 5) is 30.7. The van der Waals surface area contributed by atoms with Crippen LogP contribution in [-0.4, -0.2) is 41.5 Å². The molecule has 0 radical (unpaired) electrons. The van der Waals surface area contributed by atoms with Gasteiger partial charge in [-0.1, -0.05) is 29.8 Å². The molecular formula is C19H22N2O3S. The fourth-order valence-corrected chi connectivity index (χ4v) is 3.74. The number of esters is 1. The molecule has 6 heteroatoms. The molecule has 2 heterocycles. The van der Waals surface area contributed by atoms with E-state index in [1.54, 1.807) is 4.90 Å². The third kappa shape index (κ3) is 4.07. The minimum atomic E-state index is -0.148. The summed E-state index contributed by atoms with van der Waals surface area (Å²) < 4.78 is 5.07. The van der Waals surface area contributed by atoms with Crippen molar-refractivity contribution in [3.63, 3.8) is 0 Å². The zero-order valence-electron chi connectivity index (χ0n) is 14.5. The summed E-state index contributed by atoms with van der Waals surface area (Å²) in [5.41, 5.74) is 2.70. The van der Waals surface area contributed by atoms with Crippen LogP contribution >= 0.6 is 11.3 Å². The largest absolute Gasteiger partial charge is 0.466 e. The van der Waals surface area contributed by atoms with E-state index < -0.39 is 0 Å². The first-order valence-electron chi connectivity index (χ1n) is 8.57. The second-order valence-corrected chi connectivity index (χ2v) is 7.08. The van der Waals surface area contributed by atoms with E-state index in [0.29, 0.717) is 38.2 Å². The summed E-state index contributed by atoms with van der Waals surface area (Å²) in [6, 6.07) is 8.12. The van der Waals surface area contributed by atoms with Gasteiger partial charge in [0.2, 0.25) is 0 Å². The van der Waals surface area contributed by atoms with Crippen LogP contribution in [0.25, 0.3) is 10.6 Å². The van der Waals surface area contributed by atoms with E-state index in [0.717, 1.165) is 10.6 Å². The monoisotopic (exact) mass is 358 g/mol. The number of likely N-dealkylation sites (tertiary alicyclic amines) is 1. The van der Waals surface area contributed by atoms with Gasteiger partial charge in [-0.25, -0.2) is 4.98 Å². The Labute approximate surface area is 151 Å². The first kappa shape index (κ1) is 17.6. The molecule has 0 unspecified atom stereocenters. The number of thiazole rings is 1. The molecule has 2 aromatic rings. The second-order valence-electron chi connectivity index (χ2n) is 6.22. The fourth-order valence-electron chi connectivity index (χ4n) is 2.94. The van der Waals surface area contributed by atoms with Crippen molar-refractivity contribution < 1.29 is 14.3 Å². The number of amides is 1. The Hall–Kier alpha value is -2.21. The van der Waals surface area contributed by atoms with E-state index in [1.165, 1.54) is 16.9 Å². The van der Waals surface area contributed by atoms with Crippen LogP contribution in [0.3, 0.4) is 0 Å². The lowest BCUT2D eigenvalue weighted by atomic mass is 9.97. The number of carbonyl (C=O) groups excluding carboxylic acids is 2. The molecule has 0 spiro atoms. The van der Waals surface area contributed by atoms with Gasteiger partial charge in [-0.05, 0) is 26.7 Å². The molecule has 1 amide bonds. The van der Waals surface area contributed by atoms with Gasteiger partial charge in [-0.15, -0.1) is 11.3 Å². The third-order valence-corrected chi connectivity index (χ3v) is 5.32. The van der Waals surface area contributed by atoms with Crippen molar-refractivity contribution in [2.24, 2.45) is 5.92 Å². The van der Waals surface area contributed by atoms with Crippen molar-refractivity contribution in [1.29, 1.82) is 0 Å². The summed E-state index contributed by atoms with van der Waals surface area (Å²) in [7, 11) is 0. The molecule has 1 aliphatic heterocycles. The Morgan fingerprint density at radius 3 is 2.56 bits per heavy atom. The summed E-state index contributed by atoms with van der Waals surface area (Å²) in [6.07, 6.45) is 1.30. The van der Waals surface area contributed by atoms with E-state index in [-0.39, 0.29) is 17.8 Å². The number of benzene rings is 1. The highest BCUT2D eigenvalue weighted by atomic mass is 32.1. The summed E-state index contributed by atoms with van der Waals surface area (Å²) in [5.74, 6) is -0.301. The van der Waals surface area contributed by atoms with E-state index in [9.17, 15) is 9.59 Å². The molecule has 0 aliphatic carbocycles. The standard InChI is InChI=1S/C19H22N2O3S/c1-3-24-19(23)15-8-10-21(11-9-15)18(22)16-12-25-17(20-16)14-6-4-13(2)5-7-14/h4-7,12,15H,3,8-11H2,1-2H3. The minimum absolute atomic E-state index is 0.0584. The maximum Gasteiger partial charge on any atom is 0.309 e. The third-order valence-electron chi connectivity index (χ3n) is 4.42. The van der Waals surface area contributed by atoms with E-state index in [4.69, 9.17) is 4.74 Å². The lowest BCUT2D eigenvalue weighted by molar-refractivity contribution is -0.149. The zero-order valence-corrected chi connectivity index (χ0v) is 15.3. The smallest absolute Gasteiger partial charge is 0.309 e. The van der Waals surface area contributed by atoms with E-state index in [1.807, 2.05) is 43.5 Å². The van der Waals surface area contributed by atoms with Gasteiger partial charge in [0.05, 0.1) is 12.5 Å².